The Morgan fingerprint density at radius 2 is 1.89 bits per heavy atom. The van der Waals surface area contributed by atoms with Gasteiger partial charge in [0.05, 0.1) is 25.4 Å². The number of ether oxygens (including phenoxy) is 1. The number of carbonyl (C=O) groups excluding carboxylic acids is 1. The Labute approximate surface area is 222 Å². The van der Waals surface area contributed by atoms with Crippen LogP contribution in [0.15, 0.2) is 24.3 Å². The van der Waals surface area contributed by atoms with Gasteiger partial charge in [0.15, 0.2) is 0 Å². The number of benzene rings is 1. The quantitative estimate of drug-likeness (QED) is 0.429. The lowest BCUT2D eigenvalue weighted by molar-refractivity contribution is -0.207. The zero-order valence-corrected chi connectivity index (χ0v) is 23.0. The van der Waals surface area contributed by atoms with E-state index in [4.69, 9.17) is 4.74 Å². The van der Waals surface area contributed by atoms with Gasteiger partial charge in [-0.2, -0.15) is 0 Å². The maximum absolute atomic E-state index is 12.7. The molecule has 4 saturated carbocycles. The van der Waals surface area contributed by atoms with Gasteiger partial charge in [0, 0.05) is 18.2 Å². The van der Waals surface area contributed by atoms with Crippen LogP contribution in [-0.4, -0.2) is 46.6 Å². The van der Waals surface area contributed by atoms with Gasteiger partial charge in [-0.05, 0) is 110 Å². The van der Waals surface area contributed by atoms with E-state index in [1.165, 1.54) is 0 Å². The summed E-state index contributed by atoms with van der Waals surface area (Å²) in [6.45, 7) is 6.89. The first-order chi connectivity index (χ1) is 17.6. The first-order valence-electron chi connectivity index (χ1n) is 14.6. The Kier molecular flexibility index (Phi) is 7.40. The zero-order chi connectivity index (χ0) is 26.5. The van der Waals surface area contributed by atoms with Crippen molar-refractivity contribution in [3.63, 3.8) is 0 Å². The number of aliphatic hydroxyl groups is 3. The average Bonchev–Trinajstić information content (AvgIpc) is 3.23. The Balaban J connectivity index is 1.27. The van der Waals surface area contributed by atoms with E-state index in [9.17, 15) is 20.1 Å². The fourth-order valence-corrected chi connectivity index (χ4v) is 9.62. The van der Waals surface area contributed by atoms with Crippen molar-refractivity contribution in [1.29, 1.82) is 0 Å². The second kappa shape index (κ2) is 10.2. The van der Waals surface area contributed by atoms with Crippen LogP contribution in [0.4, 0.5) is 5.69 Å². The van der Waals surface area contributed by atoms with Gasteiger partial charge in [0.2, 0.25) is 5.91 Å². The summed E-state index contributed by atoms with van der Waals surface area (Å²) < 4.78 is 5.25. The smallest absolute Gasteiger partial charge is 0.224 e. The zero-order valence-electron chi connectivity index (χ0n) is 23.0. The van der Waals surface area contributed by atoms with Crippen LogP contribution in [0, 0.1) is 46.3 Å². The molecule has 6 nitrogen and oxygen atoms in total. The number of hydrogen-bond acceptors (Lipinski definition) is 5. The van der Waals surface area contributed by atoms with Crippen molar-refractivity contribution in [3.05, 3.63) is 24.3 Å². The third-order valence-corrected chi connectivity index (χ3v) is 11.7. The summed E-state index contributed by atoms with van der Waals surface area (Å²) in [5.74, 6) is 2.54. The molecule has 4 fully saturated rings. The van der Waals surface area contributed by atoms with Crippen LogP contribution >= 0.6 is 0 Å². The molecule has 4 aliphatic rings. The van der Waals surface area contributed by atoms with E-state index in [1.807, 2.05) is 24.3 Å². The molecule has 0 heterocycles. The highest BCUT2D eigenvalue weighted by Gasteiger charge is 2.65. The van der Waals surface area contributed by atoms with Crippen molar-refractivity contribution in [2.45, 2.75) is 96.9 Å². The summed E-state index contributed by atoms with van der Waals surface area (Å²) in [4.78, 5) is 12.7. The summed E-state index contributed by atoms with van der Waals surface area (Å²) in [7, 11) is 1.62. The van der Waals surface area contributed by atoms with E-state index in [0.717, 1.165) is 62.8 Å². The van der Waals surface area contributed by atoms with Crippen LogP contribution in [0.3, 0.4) is 0 Å². The number of anilines is 1. The van der Waals surface area contributed by atoms with Crippen LogP contribution in [0.25, 0.3) is 0 Å². The van der Waals surface area contributed by atoms with Crippen molar-refractivity contribution in [1.82, 2.24) is 0 Å². The van der Waals surface area contributed by atoms with E-state index >= 15 is 0 Å². The molecule has 6 heteroatoms. The number of fused-ring (bicyclic) bond motifs is 5. The van der Waals surface area contributed by atoms with Crippen LogP contribution in [0.5, 0.6) is 5.75 Å². The molecule has 1 aromatic rings. The van der Waals surface area contributed by atoms with Gasteiger partial charge in [0.1, 0.15) is 5.75 Å². The second-order valence-electron chi connectivity index (χ2n) is 13.3. The maximum Gasteiger partial charge on any atom is 0.224 e. The van der Waals surface area contributed by atoms with Gasteiger partial charge < -0.3 is 25.4 Å². The van der Waals surface area contributed by atoms with E-state index in [0.29, 0.717) is 36.0 Å². The average molecular weight is 514 g/mol. The summed E-state index contributed by atoms with van der Waals surface area (Å²) in [5.41, 5.74) is 0.599. The lowest BCUT2D eigenvalue weighted by Gasteiger charge is -2.63. The van der Waals surface area contributed by atoms with E-state index in [-0.39, 0.29) is 34.9 Å². The molecule has 0 saturated heterocycles. The standard InChI is InChI=1S/C31H47NO5/c1-18(8-11-28(36)32-20-6-5-7-22(16-20)37-4)23-9-10-24-29-25(17-27(35)31(23,24)3)30(2)13-12-21(33)14-19(30)15-26(29)34/h5-7,16,18-19,21,23-27,29,33-35H,8-15,17H2,1-4H3,(H,32,36)/t18-,19?,21-,23-,24?,25?,26-,27+,29?,30+,31-/m1/s1. The predicted molar refractivity (Wildman–Crippen MR) is 144 cm³/mol. The number of aliphatic hydroxyl groups excluding tert-OH is 3. The highest BCUT2D eigenvalue weighted by atomic mass is 16.5. The first-order valence-corrected chi connectivity index (χ1v) is 14.6. The topological polar surface area (TPSA) is 99.0 Å². The number of nitrogens with one attached hydrogen (secondary N) is 1. The van der Waals surface area contributed by atoms with Gasteiger partial charge >= 0.3 is 0 Å². The van der Waals surface area contributed by atoms with E-state index in [2.05, 4.69) is 26.1 Å². The number of amides is 1. The van der Waals surface area contributed by atoms with Gasteiger partial charge in [-0.1, -0.05) is 26.8 Å². The number of methoxy groups -OCH3 is 1. The van der Waals surface area contributed by atoms with E-state index < -0.39 is 6.10 Å². The summed E-state index contributed by atoms with van der Waals surface area (Å²) in [6.07, 6.45) is 6.46. The Bertz CT molecular complexity index is 984. The van der Waals surface area contributed by atoms with Gasteiger partial charge in [-0.15, -0.1) is 0 Å². The second-order valence-corrected chi connectivity index (χ2v) is 13.3. The Morgan fingerprint density at radius 3 is 2.65 bits per heavy atom. The fourth-order valence-electron chi connectivity index (χ4n) is 9.62. The van der Waals surface area contributed by atoms with Gasteiger partial charge in [0.25, 0.3) is 0 Å². The highest BCUT2D eigenvalue weighted by molar-refractivity contribution is 5.90. The fraction of sp³-hybridized carbons (Fsp3) is 0.774. The summed E-state index contributed by atoms with van der Waals surface area (Å²) in [6, 6.07) is 7.42. The van der Waals surface area contributed by atoms with Crippen molar-refractivity contribution in [2.75, 3.05) is 12.4 Å². The molecule has 0 radical (unpaired) electrons. The largest absolute Gasteiger partial charge is 0.497 e. The number of hydrogen-bond donors (Lipinski definition) is 4. The monoisotopic (exact) mass is 513 g/mol. The highest BCUT2D eigenvalue weighted by Crippen LogP contribution is 2.68. The Morgan fingerprint density at radius 1 is 1.11 bits per heavy atom. The first kappa shape index (κ1) is 27.0. The molecule has 4 N–H and O–H groups in total. The van der Waals surface area contributed by atoms with Crippen molar-refractivity contribution < 1.29 is 24.9 Å². The predicted octanol–water partition coefficient (Wildman–Crippen LogP) is 5.01. The molecular weight excluding hydrogens is 466 g/mol. The lowest BCUT2D eigenvalue weighted by Crippen LogP contribution is -2.62. The summed E-state index contributed by atoms with van der Waals surface area (Å²) >= 11 is 0. The minimum Gasteiger partial charge on any atom is -0.497 e. The van der Waals surface area contributed by atoms with Crippen molar-refractivity contribution >= 4 is 11.6 Å². The molecule has 1 aromatic carbocycles. The minimum atomic E-state index is -0.395. The molecule has 0 bridgehead atoms. The third kappa shape index (κ3) is 4.61. The molecule has 1 amide bonds. The molecule has 0 spiro atoms. The molecule has 5 rings (SSSR count). The Hall–Kier alpha value is -1.63. The van der Waals surface area contributed by atoms with Crippen molar-refractivity contribution in [3.8, 4) is 5.75 Å². The van der Waals surface area contributed by atoms with Crippen LogP contribution < -0.4 is 10.1 Å². The molecule has 4 aliphatic carbocycles. The summed E-state index contributed by atoms with van der Waals surface area (Å²) in [5, 5.41) is 36.5. The third-order valence-electron chi connectivity index (χ3n) is 11.7. The molecule has 37 heavy (non-hydrogen) atoms. The van der Waals surface area contributed by atoms with Crippen LogP contribution in [0.1, 0.15) is 78.6 Å². The maximum atomic E-state index is 12.7. The number of carbonyl (C=O) groups is 1. The van der Waals surface area contributed by atoms with E-state index in [1.54, 1.807) is 7.11 Å². The van der Waals surface area contributed by atoms with Gasteiger partial charge in [-0.3, -0.25) is 4.79 Å². The van der Waals surface area contributed by atoms with Gasteiger partial charge in [-0.25, -0.2) is 0 Å². The van der Waals surface area contributed by atoms with Crippen molar-refractivity contribution in [2.24, 2.45) is 46.3 Å². The SMILES string of the molecule is COc1cccc(NC(=O)CC[C@@H](C)[C@H]2CCC3C4C(C[C@H](O)[C@@]32C)[C@@]2(C)CC[C@@H](O)CC2C[C@H]4O)c1. The molecule has 11 atom stereocenters. The normalized spacial score (nSPS) is 43.8. The van der Waals surface area contributed by atoms with Crippen LogP contribution in [-0.2, 0) is 4.79 Å². The molecule has 206 valence electrons. The minimum absolute atomic E-state index is 0.00483. The molecule has 0 aromatic heterocycles. The molecule has 0 aliphatic heterocycles. The number of rotatable bonds is 6. The molecular formula is C31H47NO5. The lowest BCUT2D eigenvalue weighted by atomic mass is 9.43. The molecule has 4 unspecified atom stereocenters. The van der Waals surface area contributed by atoms with Crippen LogP contribution in [0.2, 0.25) is 0 Å².